The second-order valence-corrected chi connectivity index (χ2v) is 6.43. The minimum Gasteiger partial charge on any atom is -0.394 e. The maximum absolute atomic E-state index is 9.66. The Kier molecular flexibility index (Phi) is 5.63. The van der Waals surface area contributed by atoms with Gasteiger partial charge in [-0.05, 0) is 58.5 Å². The summed E-state index contributed by atoms with van der Waals surface area (Å²) in [4.78, 5) is 2.52. The number of ether oxygens (including phenoxy) is 1. The molecule has 1 heterocycles. The van der Waals surface area contributed by atoms with Crippen molar-refractivity contribution in [3.63, 3.8) is 0 Å². The molecule has 4 nitrogen and oxygen atoms in total. The smallest absolute Gasteiger partial charge is 0.0613 e. The van der Waals surface area contributed by atoms with Gasteiger partial charge in [0, 0.05) is 31.3 Å². The highest BCUT2D eigenvalue weighted by molar-refractivity contribution is 4.95. The molecule has 1 aliphatic carbocycles. The number of likely N-dealkylation sites (N-methyl/N-ethyl adjacent to an activating group) is 1. The van der Waals surface area contributed by atoms with Crippen LogP contribution in [0.2, 0.25) is 0 Å². The van der Waals surface area contributed by atoms with Crippen LogP contribution in [0.15, 0.2) is 0 Å². The first-order chi connectivity index (χ1) is 9.19. The topological polar surface area (TPSA) is 44.7 Å². The fraction of sp³-hybridized carbons (Fsp3) is 1.00. The van der Waals surface area contributed by atoms with Crippen molar-refractivity contribution in [3.8, 4) is 0 Å². The van der Waals surface area contributed by atoms with Gasteiger partial charge >= 0.3 is 0 Å². The Morgan fingerprint density at radius 3 is 2.68 bits per heavy atom. The first-order valence-corrected chi connectivity index (χ1v) is 7.77. The average Bonchev–Trinajstić information content (AvgIpc) is 2.48. The molecule has 2 rings (SSSR count). The molecule has 2 aliphatic rings. The predicted octanol–water partition coefficient (Wildman–Crippen LogP) is 1.24. The summed E-state index contributed by atoms with van der Waals surface area (Å²) in [5.41, 5.74) is -0.0488. The van der Waals surface area contributed by atoms with Crippen molar-refractivity contribution in [3.05, 3.63) is 0 Å². The third kappa shape index (κ3) is 3.91. The van der Waals surface area contributed by atoms with Crippen molar-refractivity contribution >= 4 is 0 Å². The van der Waals surface area contributed by atoms with E-state index in [9.17, 15) is 5.11 Å². The Morgan fingerprint density at radius 2 is 2.05 bits per heavy atom. The van der Waals surface area contributed by atoms with Gasteiger partial charge in [0.1, 0.15) is 0 Å². The molecular weight excluding hydrogens is 240 g/mol. The molecule has 1 aliphatic heterocycles. The molecule has 112 valence electrons. The Balaban J connectivity index is 1.85. The summed E-state index contributed by atoms with van der Waals surface area (Å²) in [7, 11) is 4.24. The third-order valence-corrected chi connectivity index (χ3v) is 5.16. The van der Waals surface area contributed by atoms with Crippen LogP contribution in [0.5, 0.6) is 0 Å². The first-order valence-electron chi connectivity index (χ1n) is 7.77. The van der Waals surface area contributed by atoms with Gasteiger partial charge in [0.25, 0.3) is 0 Å². The van der Waals surface area contributed by atoms with E-state index in [2.05, 4.69) is 17.3 Å². The SMILES string of the molecule is CNC1(CO)CCCC(N(C)CC2CCOCC2)C1. The van der Waals surface area contributed by atoms with Crippen molar-refractivity contribution in [2.75, 3.05) is 40.5 Å². The molecule has 1 saturated heterocycles. The lowest BCUT2D eigenvalue weighted by molar-refractivity contribution is 0.0339. The molecule has 2 fully saturated rings. The van der Waals surface area contributed by atoms with E-state index in [-0.39, 0.29) is 12.1 Å². The van der Waals surface area contributed by atoms with Crippen molar-refractivity contribution < 1.29 is 9.84 Å². The lowest BCUT2D eigenvalue weighted by atomic mass is 9.79. The van der Waals surface area contributed by atoms with Crippen LogP contribution in [0.3, 0.4) is 0 Å². The van der Waals surface area contributed by atoms with Gasteiger partial charge in [0.05, 0.1) is 6.61 Å². The molecule has 0 spiro atoms. The molecule has 0 aromatic carbocycles. The van der Waals surface area contributed by atoms with Gasteiger partial charge in [0.2, 0.25) is 0 Å². The second-order valence-electron chi connectivity index (χ2n) is 6.43. The number of aliphatic hydroxyl groups excluding tert-OH is 1. The second kappa shape index (κ2) is 7.02. The van der Waals surface area contributed by atoms with Crippen LogP contribution in [-0.2, 0) is 4.74 Å². The van der Waals surface area contributed by atoms with Gasteiger partial charge in [-0.1, -0.05) is 0 Å². The Morgan fingerprint density at radius 1 is 1.32 bits per heavy atom. The van der Waals surface area contributed by atoms with Crippen molar-refractivity contribution in [2.45, 2.75) is 50.1 Å². The van der Waals surface area contributed by atoms with Crippen LogP contribution in [0.4, 0.5) is 0 Å². The summed E-state index contributed by atoms with van der Waals surface area (Å²) in [6.07, 6.45) is 7.05. The molecule has 0 bridgehead atoms. The van der Waals surface area contributed by atoms with Gasteiger partial charge in [-0.3, -0.25) is 0 Å². The van der Waals surface area contributed by atoms with Gasteiger partial charge in [0.15, 0.2) is 0 Å². The van der Waals surface area contributed by atoms with Crippen LogP contribution in [-0.4, -0.2) is 62.0 Å². The Bertz CT molecular complexity index is 263. The number of aliphatic hydroxyl groups is 1. The van der Waals surface area contributed by atoms with Gasteiger partial charge < -0.3 is 20.1 Å². The maximum atomic E-state index is 9.66. The zero-order chi connectivity index (χ0) is 13.7. The summed E-state index contributed by atoms with van der Waals surface area (Å²) in [6.45, 7) is 3.30. The lowest BCUT2D eigenvalue weighted by Crippen LogP contribution is -2.54. The number of nitrogens with zero attached hydrogens (tertiary/aromatic N) is 1. The predicted molar refractivity (Wildman–Crippen MR) is 77.3 cm³/mol. The normalized spacial score (nSPS) is 33.8. The minimum atomic E-state index is -0.0488. The van der Waals surface area contributed by atoms with Crippen LogP contribution in [0, 0.1) is 5.92 Å². The monoisotopic (exact) mass is 270 g/mol. The van der Waals surface area contributed by atoms with E-state index in [1.807, 2.05) is 7.05 Å². The highest BCUT2D eigenvalue weighted by atomic mass is 16.5. The molecule has 2 unspecified atom stereocenters. The summed E-state index contributed by atoms with van der Waals surface area (Å²) in [6, 6.07) is 0.608. The molecule has 2 N–H and O–H groups in total. The molecule has 4 heteroatoms. The fourth-order valence-corrected chi connectivity index (χ4v) is 3.64. The van der Waals surface area contributed by atoms with Crippen LogP contribution < -0.4 is 5.32 Å². The average molecular weight is 270 g/mol. The molecular formula is C15H30N2O2. The lowest BCUT2D eigenvalue weighted by Gasteiger charge is -2.43. The Hall–Kier alpha value is -0.160. The van der Waals surface area contributed by atoms with Crippen molar-refractivity contribution in [2.24, 2.45) is 5.92 Å². The summed E-state index contributed by atoms with van der Waals surface area (Å²) < 4.78 is 5.43. The molecule has 0 amide bonds. The van der Waals surface area contributed by atoms with E-state index in [0.717, 1.165) is 32.0 Å². The van der Waals surface area contributed by atoms with E-state index in [1.54, 1.807) is 0 Å². The maximum Gasteiger partial charge on any atom is 0.0613 e. The number of hydrogen-bond donors (Lipinski definition) is 2. The molecule has 19 heavy (non-hydrogen) atoms. The summed E-state index contributed by atoms with van der Waals surface area (Å²) in [5, 5.41) is 13.0. The standard InChI is InChI=1S/C15H30N2O2/c1-16-15(12-18)7-3-4-14(10-15)17(2)11-13-5-8-19-9-6-13/h13-14,16,18H,3-12H2,1-2H3. The van der Waals surface area contributed by atoms with Gasteiger partial charge in [-0.15, -0.1) is 0 Å². The molecule has 1 saturated carbocycles. The third-order valence-electron chi connectivity index (χ3n) is 5.16. The van der Waals surface area contributed by atoms with Gasteiger partial charge in [-0.25, -0.2) is 0 Å². The molecule has 0 radical (unpaired) electrons. The summed E-state index contributed by atoms with van der Waals surface area (Å²) >= 11 is 0. The zero-order valence-corrected chi connectivity index (χ0v) is 12.5. The highest BCUT2D eigenvalue weighted by Crippen LogP contribution is 2.31. The van der Waals surface area contributed by atoms with E-state index in [1.165, 1.54) is 32.2 Å². The molecule has 0 aromatic rings. The van der Waals surface area contributed by atoms with Crippen LogP contribution in [0.1, 0.15) is 38.5 Å². The van der Waals surface area contributed by atoms with Gasteiger partial charge in [-0.2, -0.15) is 0 Å². The quantitative estimate of drug-likeness (QED) is 0.789. The Labute approximate surface area is 117 Å². The minimum absolute atomic E-state index is 0.0488. The van der Waals surface area contributed by atoms with Crippen LogP contribution in [0.25, 0.3) is 0 Å². The van der Waals surface area contributed by atoms with E-state index >= 15 is 0 Å². The summed E-state index contributed by atoms with van der Waals surface area (Å²) in [5.74, 6) is 0.791. The van der Waals surface area contributed by atoms with Crippen molar-refractivity contribution in [1.29, 1.82) is 0 Å². The zero-order valence-electron chi connectivity index (χ0n) is 12.5. The number of hydrogen-bond acceptors (Lipinski definition) is 4. The largest absolute Gasteiger partial charge is 0.394 e. The first kappa shape index (κ1) is 15.2. The molecule has 2 atom stereocenters. The van der Waals surface area contributed by atoms with Crippen LogP contribution >= 0.6 is 0 Å². The number of rotatable bonds is 5. The number of nitrogens with one attached hydrogen (secondary N) is 1. The highest BCUT2D eigenvalue weighted by Gasteiger charge is 2.36. The molecule has 0 aromatic heterocycles. The van der Waals surface area contributed by atoms with E-state index in [4.69, 9.17) is 4.74 Å². The van der Waals surface area contributed by atoms with E-state index in [0.29, 0.717) is 6.04 Å². The fourth-order valence-electron chi connectivity index (χ4n) is 3.64. The van der Waals surface area contributed by atoms with Crippen molar-refractivity contribution in [1.82, 2.24) is 10.2 Å². The van der Waals surface area contributed by atoms with E-state index < -0.39 is 0 Å².